The van der Waals surface area contributed by atoms with Gasteiger partial charge in [0.25, 0.3) is 0 Å². The summed E-state index contributed by atoms with van der Waals surface area (Å²) in [5, 5.41) is 5.05. The number of aromatic nitrogens is 1. The van der Waals surface area contributed by atoms with Gasteiger partial charge in [-0.05, 0) is 83.7 Å². The first-order valence-corrected chi connectivity index (χ1v) is 11.5. The van der Waals surface area contributed by atoms with Crippen molar-refractivity contribution < 1.29 is 0 Å². The van der Waals surface area contributed by atoms with Crippen molar-refractivity contribution in [2.45, 2.75) is 38.5 Å². The first-order valence-electron chi connectivity index (χ1n) is 11.5. The molecule has 2 aliphatic rings. The summed E-state index contributed by atoms with van der Waals surface area (Å²) in [6.45, 7) is 4.66. The predicted molar refractivity (Wildman–Crippen MR) is 132 cm³/mol. The van der Waals surface area contributed by atoms with Crippen LogP contribution < -0.4 is 5.32 Å². The second kappa shape index (κ2) is 7.16. The van der Waals surface area contributed by atoms with E-state index in [1.165, 1.54) is 51.0 Å². The van der Waals surface area contributed by atoms with E-state index in [4.69, 9.17) is 0 Å². The molecule has 1 aromatic heterocycles. The van der Waals surface area contributed by atoms with Crippen molar-refractivity contribution in [3.05, 3.63) is 89.6 Å². The highest BCUT2D eigenvalue weighted by Gasteiger charge is 2.33. The van der Waals surface area contributed by atoms with E-state index in [9.17, 15) is 0 Å². The average Bonchev–Trinajstić information content (AvgIpc) is 3.39. The van der Waals surface area contributed by atoms with E-state index in [1.807, 2.05) is 0 Å². The van der Waals surface area contributed by atoms with Gasteiger partial charge in [-0.15, -0.1) is 0 Å². The summed E-state index contributed by atoms with van der Waals surface area (Å²) in [5.41, 5.74) is 10.2. The molecule has 1 fully saturated rings. The minimum atomic E-state index is 0.546. The average molecular weight is 405 g/mol. The maximum Gasteiger partial charge on any atom is 0.0463 e. The molecule has 0 bridgehead atoms. The highest BCUT2D eigenvalue weighted by atomic mass is 14.9. The molecule has 154 valence electrons. The van der Waals surface area contributed by atoms with Gasteiger partial charge in [0, 0.05) is 33.5 Å². The Balaban J connectivity index is 1.39. The molecule has 0 amide bonds. The molecule has 0 saturated heterocycles. The first kappa shape index (κ1) is 18.5. The van der Waals surface area contributed by atoms with Gasteiger partial charge >= 0.3 is 0 Å². The van der Waals surface area contributed by atoms with Crippen LogP contribution in [0.5, 0.6) is 0 Å². The van der Waals surface area contributed by atoms with Crippen molar-refractivity contribution >= 4 is 28.4 Å². The summed E-state index contributed by atoms with van der Waals surface area (Å²) < 4.78 is 0. The Hall–Kier alpha value is -3.26. The molecule has 4 aromatic rings. The number of hydrogen-bond donors (Lipinski definition) is 2. The Kier molecular flexibility index (Phi) is 4.27. The van der Waals surface area contributed by atoms with Gasteiger partial charge < -0.3 is 10.3 Å². The fourth-order valence-corrected chi connectivity index (χ4v) is 5.20. The van der Waals surface area contributed by atoms with E-state index in [-0.39, 0.29) is 0 Å². The lowest BCUT2D eigenvalue weighted by Gasteiger charge is -2.15. The van der Waals surface area contributed by atoms with Crippen molar-refractivity contribution in [2.24, 2.45) is 5.92 Å². The highest BCUT2D eigenvalue weighted by Crippen LogP contribution is 2.47. The third kappa shape index (κ3) is 3.27. The van der Waals surface area contributed by atoms with Gasteiger partial charge in [-0.2, -0.15) is 0 Å². The van der Waals surface area contributed by atoms with Gasteiger partial charge in [0.1, 0.15) is 0 Å². The molecule has 2 heteroatoms. The molecule has 2 aliphatic carbocycles. The summed E-state index contributed by atoms with van der Waals surface area (Å²) in [4.78, 5) is 3.60. The maximum absolute atomic E-state index is 3.70. The SMILES string of the molecule is CC1CC=Cc2[nH]c3ccc(-c4ccccc4Nc4cccc(C5C[C@H]5C)c4)cc3c21. The van der Waals surface area contributed by atoms with Crippen molar-refractivity contribution in [3.63, 3.8) is 0 Å². The summed E-state index contributed by atoms with van der Waals surface area (Å²) >= 11 is 0. The van der Waals surface area contributed by atoms with Crippen molar-refractivity contribution in [2.75, 3.05) is 5.32 Å². The lowest BCUT2D eigenvalue weighted by molar-refractivity contribution is 0.778. The van der Waals surface area contributed by atoms with E-state index < -0.39 is 0 Å². The largest absolute Gasteiger partial charge is 0.355 e. The van der Waals surface area contributed by atoms with Crippen LogP contribution >= 0.6 is 0 Å². The van der Waals surface area contributed by atoms with Gasteiger partial charge in [0.05, 0.1) is 0 Å². The number of anilines is 2. The summed E-state index contributed by atoms with van der Waals surface area (Å²) in [6, 6.07) is 24.4. The van der Waals surface area contributed by atoms with Crippen molar-refractivity contribution in [3.8, 4) is 11.1 Å². The lowest BCUT2D eigenvalue weighted by Crippen LogP contribution is -1.97. The molecule has 0 radical (unpaired) electrons. The van der Waals surface area contributed by atoms with Crippen LogP contribution in [-0.4, -0.2) is 4.98 Å². The minimum Gasteiger partial charge on any atom is -0.355 e. The molecule has 1 heterocycles. The Bertz CT molecular complexity index is 1310. The highest BCUT2D eigenvalue weighted by molar-refractivity contribution is 5.94. The number of aromatic amines is 1. The molecule has 3 atom stereocenters. The monoisotopic (exact) mass is 404 g/mol. The quantitative estimate of drug-likeness (QED) is 0.352. The van der Waals surface area contributed by atoms with Gasteiger partial charge in [-0.3, -0.25) is 0 Å². The second-order valence-electron chi connectivity index (χ2n) is 9.37. The standard InChI is InChI=1S/C29H28N2/c1-18-7-5-12-28-29(18)25-17-21(13-14-27(25)31-28)23-10-3-4-11-26(23)30-22-9-6-8-20(16-22)24-15-19(24)2/h3-6,8-14,16-19,24,30-31H,7,15H2,1-2H3/t18?,19-,24?/m1/s1. The Morgan fingerprint density at radius 1 is 0.935 bits per heavy atom. The number of benzene rings is 3. The topological polar surface area (TPSA) is 27.8 Å². The molecule has 0 aliphatic heterocycles. The van der Waals surface area contributed by atoms with Gasteiger partial charge in [0.15, 0.2) is 0 Å². The smallest absolute Gasteiger partial charge is 0.0463 e. The maximum atomic E-state index is 3.70. The molecule has 3 aromatic carbocycles. The van der Waals surface area contributed by atoms with Crippen LogP contribution in [0.4, 0.5) is 11.4 Å². The summed E-state index contributed by atoms with van der Waals surface area (Å²) in [7, 11) is 0. The number of rotatable bonds is 4. The zero-order valence-corrected chi connectivity index (χ0v) is 18.2. The van der Waals surface area contributed by atoms with Crippen LogP contribution in [0.15, 0.2) is 72.8 Å². The van der Waals surface area contributed by atoms with Crippen molar-refractivity contribution in [1.29, 1.82) is 0 Å². The Morgan fingerprint density at radius 2 is 1.81 bits per heavy atom. The number of para-hydroxylation sites is 1. The number of nitrogens with one attached hydrogen (secondary N) is 2. The van der Waals surface area contributed by atoms with Crippen LogP contribution in [-0.2, 0) is 0 Å². The number of hydrogen-bond acceptors (Lipinski definition) is 1. The lowest BCUT2D eigenvalue weighted by atomic mass is 9.90. The van der Waals surface area contributed by atoms with Gasteiger partial charge in [-0.25, -0.2) is 0 Å². The van der Waals surface area contributed by atoms with Gasteiger partial charge in [-0.1, -0.05) is 56.3 Å². The normalized spacial score (nSPS) is 21.8. The van der Waals surface area contributed by atoms with E-state index in [2.05, 4.69) is 103 Å². The minimum absolute atomic E-state index is 0.546. The molecule has 1 saturated carbocycles. The first-order chi connectivity index (χ1) is 15.2. The van der Waals surface area contributed by atoms with E-state index in [0.717, 1.165) is 23.9 Å². The molecule has 31 heavy (non-hydrogen) atoms. The van der Waals surface area contributed by atoms with Crippen LogP contribution in [0.25, 0.3) is 28.1 Å². The molecule has 6 rings (SSSR count). The summed E-state index contributed by atoms with van der Waals surface area (Å²) in [5.74, 6) is 2.10. The zero-order valence-electron chi connectivity index (χ0n) is 18.2. The predicted octanol–water partition coefficient (Wildman–Crippen LogP) is 8.22. The Morgan fingerprint density at radius 3 is 2.68 bits per heavy atom. The molecular formula is C29H28N2. The van der Waals surface area contributed by atoms with Crippen LogP contribution in [0.3, 0.4) is 0 Å². The third-order valence-electron chi connectivity index (χ3n) is 7.08. The summed E-state index contributed by atoms with van der Waals surface area (Å²) in [6.07, 6.45) is 6.93. The fourth-order valence-electron chi connectivity index (χ4n) is 5.20. The molecular weight excluding hydrogens is 376 g/mol. The number of H-pyrrole nitrogens is 1. The fraction of sp³-hybridized carbons (Fsp3) is 0.241. The zero-order chi connectivity index (χ0) is 20.9. The molecule has 2 nitrogen and oxygen atoms in total. The van der Waals surface area contributed by atoms with Crippen molar-refractivity contribution in [1.82, 2.24) is 4.98 Å². The Labute approximate surface area is 184 Å². The van der Waals surface area contributed by atoms with E-state index >= 15 is 0 Å². The number of allylic oxidation sites excluding steroid dienone is 1. The third-order valence-corrected chi connectivity index (χ3v) is 7.08. The van der Waals surface area contributed by atoms with Crippen LogP contribution in [0.2, 0.25) is 0 Å². The van der Waals surface area contributed by atoms with Crippen LogP contribution in [0, 0.1) is 5.92 Å². The molecule has 2 unspecified atom stereocenters. The number of fused-ring (bicyclic) bond motifs is 3. The van der Waals surface area contributed by atoms with E-state index in [1.54, 1.807) is 0 Å². The second-order valence-corrected chi connectivity index (χ2v) is 9.37. The molecule has 0 spiro atoms. The van der Waals surface area contributed by atoms with Crippen LogP contribution in [0.1, 0.15) is 55.3 Å². The van der Waals surface area contributed by atoms with Gasteiger partial charge in [0.2, 0.25) is 0 Å². The molecule has 2 N–H and O–H groups in total. The van der Waals surface area contributed by atoms with E-state index in [0.29, 0.717) is 5.92 Å².